The van der Waals surface area contributed by atoms with Crippen molar-refractivity contribution in [2.24, 2.45) is 5.41 Å². The molecule has 3 aliphatic rings. The number of rotatable bonds is 2. The summed E-state index contributed by atoms with van der Waals surface area (Å²) in [4.78, 5) is 10.6. The lowest BCUT2D eigenvalue weighted by Crippen LogP contribution is -2.54. The molecule has 2 saturated heterocycles. The van der Waals surface area contributed by atoms with Crippen LogP contribution in [0.2, 0.25) is 0 Å². The fourth-order valence-electron chi connectivity index (χ4n) is 2.20. The van der Waals surface area contributed by atoms with Crippen LogP contribution in [0.5, 0.6) is 0 Å². The Morgan fingerprint density at radius 1 is 1.58 bits per heavy atom. The van der Waals surface area contributed by atoms with Crippen LogP contribution in [0.3, 0.4) is 0 Å². The van der Waals surface area contributed by atoms with Gasteiger partial charge in [0.25, 0.3) is 0 Å². The number of halogens is 2. The molecule has 0 amide bonds. The number of hydrogen-bond donors (Lipinski definition) is 2. The number of hydrogen-bond acceptors (Lipinski definition) is 2. The first-order valence-electron chi connectivity index (χ1n) is 3.67. The SMILES string of the molecule is Cl.O=C(O)C12CC(CF)(CN1)C2. The van der Waals surface area contributed by atoms with E-state index in [-0.39, 0.29) is 17.8 Å². The van der Waals surface area contributed by atoms with Gasteiger partial charge < -0.3 is 10.4 Å². The molecule has 0 spiro atoms. The van der Waals surface area contributed by atoms with Crippen LogP contribution in [-0.4, -0.2) is 29.8 Å². The first-order valence-corrected chi connectivity index (χ1v) is 3.67. The maximum atomic E-state index is 12.3. The van der Waals surface area contributed by atoms with E-state index in [0.717, 1.165) is 0 Å². The van der Waals surface area contributed by atoms with Gasteiger partial charge in [-0.2, -0.15) is 0 Å². The Bertz CT molecular complexity index is 215. The minimum absolute atomic E-state index is 0. The van der Waals surface area contributed by atoms with E-state index >= 15 is 0 Å². The minimum Gasteiger partial charge on any atom is -0.480 e. The van der Waals surface area contributed by atoms with Gasteiger partial charge >= 0.3 is 5.97 Å². The number of aliphatic carboxylic acids is 1. The summed E-state index contributed by atoms with van der Waals surface area (Å²) in [6.07, 6.45) is 0.928. The molecule has 0 unspecified atom stereocenters. The molecule has 2 bridgehead atoms. The molecule has 2 aliphatic heterocycles. The zero-order valence-electron chi connectivity index (χ0n) is 6.47. The molecule has 1 saturated carbocycles. The standard InChI is InChI=1S/C7H10FNO2.ClH/c8-3-6-1-7(2-6,5(10)11)9-4-6;/h9H,1-4H2,(H,10,11);1H. The van der Waals surface area contributed by atoms with E-state index in [2.05, 4.69) is 5.32 Å². The molecular weight excluding hydrogens is 185 g/mol. The summed E-state index contributed by atoms with van der Waals surface area (Å²) in [5.41, 5.74) is -1.11. The first-order chi connectivity index (χ1) is 5.13. The first kappa shape index (κ1) is 9.74. The highest BCUT2D eigenvalue weighted by molar-refractivity contribution is 5.85. The molecule has 0 radical (unpaired) electrons. The molecule has 1 aliphatic carbocycles. The van der Waals surface area contributed by atoms with Gasteiger partial charge in [0.1, 0.15) is 5.54 Å². The Kier molecular flexibility index (Phi) is 2.08. The van der Waals surface area contributed by atoms with Crippen LogP contribution in [-0.2, 0) is 4.79 Å². The summed E-state index contributed by atoms with van der Waals surface area (Å²) >= 11 is 0. The van der Waals surface area contributed by atoms with Crippen molar-refractivity contribution in [2.45, 2.75) is 18.4 Å². The minimum atomic E-state index is -0.834. The van der Waals surface area contributed by atoms with E-state index in [1.807, 2.05) is 0 Å². The van der Waals surface area contributed by atoms with Crippen LogP contribution in [0, 0.1) is 5.41 Å². The maximum absolute atomic E-state index is 12.3. The van der Waals surface area contributed by atoms with Crippen LogP contribution < -0.4 is 5.32 Å². The topological polar surface area (TPSA) is 49.3 Å². The molecule has 0 aromatic carbocycles. The van der Waals surface area contributed by atoms with Crippen LogP contribution in [0.4, 0.5) is 4.39 Å². The summed E-state index contributed by atoms with van der Waals surface area (Å²) in [6.45, 7) is 0.130. The van der Waals surface area contributed by atoms with Crippen molar-refractivity contribution in [3.05, 3.63) is 0 Å². The number of nitrogens with one attached hydrogen (secondary N) is 1. The lowest BCUT2D eigenvalue weighted by Gasteiger charge is -2.41. The highest BCUT2D eigenvalue weighted by Crippen LogP contribution is 2.54. The Hall–Kier alpha value is -0.350. The molecule has 70 valence electrons. The zero-order chi connectivity index (χ0) is 8.11. The molecule has 2 heterocycles. The fourth-order valence-corrected chi connectivity index (χ4v) is 2.20. The van der Waals surface area contributed by atoms with E-state index in [0.29, 0.717) is 19.4 Å². The highest BCUT2D eigenvalue weighted by atomic mass is 35.5. The largest absolute Gasteiger partial charge is 0.480 e. The van der Waals surface area contributed by atoms with E-state index in [4.69, 9.17) is 5.11 Å². The quantitative estimate of drug-likeness (QED) is 0.678. The molecule has 0 aromatic heterocycles. The van der Waals surface area contributed by atoms with Crippen molar-refractivity contribution < 1.29 is 14.3 Å². The third-order valence-electron chi connectivity index (χ3n) is 2.85. The van der Waals surface area contributed by atoms with Crippen molar-refractivity contribution in [3.63, 3.8) is 0 Å². The molecule has 5 heteroatoms. The van der Waals surface area contributed by atoms with E-state index < -0.39 is 18.2 Å². The predicted octanol–water partition coefficient (Wildman–Crippen LogP) is 0.585. The number of fused-ring (bicyclic) bond motifs is 1. The average Bonchev–Trinajstić information content (AvgIpc) is 2.39. The fraction of sp³-hybridized carbons (Fsp3) is 0.857. The van der Waals surface area contributed by atoms with Crippen molar-refractivity contribution in [2.75, 3.05) is 13.2 Å². The average molecular weight is 196 g/mol. The normalized spacial score (nSPS) is 43.1. The van der Waals surface area contributed by atoms with E-state index in [9.17, 15) is 9.18 Å². The van der Waals surface area contributed by atoms with Gasteiger partial charge in [0, 0.05) is 12.0 Å². The monoisotopic (exact) mass is 195 g/mol. The van der Waals surface area contributed by atoms with Crippen LogP contribution in [0.25, 0.3) is 0 Å². The number of alkyl halides is 1. The highest BCUT2D eigenvalue weighted by Gasteiger charge is 2.64. The lowest BCUT2D eigenvalue weighted by molar-refractivity contribution is -0.149. The van der Waals surface area contributed by atoms with Gasteiger partial charge in [-0.25, -0.2) is 0 Å². The molecule has 0 aromatic rings. The van der Waals surface area contributed by atoms with Crippen molar-refractivity contribution in [3.8, 4) is 0 Å². The molecule has 0 atom stereocenters. The third-order valence-corrected chi connectivity index (χ3v) is 2.85. The van der Waals surface area contributed by atoms with Crippen molar-refractivity contribution in [1.82, 2.24) is 5.32 Å². The zero-order valence-corrected chi connectivity index (χ0v) is 7.29. The number of carboxylic acid groups (broad SMARTS) is 1. The summed E-state index contributed by atoms with van der Waals surface area (Å²) in [5.74, 6) is -0.834. The van der Waals surface area contributed by atoms with E-state index in [1.54, 1.807) is 0 Å². The van der Waals surface area contributed by atoms with Gasteiger partial charge in [-0.15, -0.1) is 12.4 Å². The summed E-state index contributed by atoms with van der Waals surface area (Å²) in [7, 11) is 0. The van der Waals surface area contributed by atoms with Crippen molar-refractivity contribution >= 4 is 18.4 Å². The van der Waals surface area contributed by atoms with Gasteiger partial charge in [0.15, 0.2) is 0 Å². The smallest absolute Gasteiger partial charge is 0.323 e. The predicted molar refractivity (Wildman–Crippen MR) is 43.3 cm³/mol. The molecule has 3 rings (SSSR count). The molecule has 12 heavy (non-hydrogen) atoms. The molecule has 3 nitrogen and oxygen atoms in total. The second-order valence-electron chi connectivity index (χ2n) is 3.73. The van der Waals surface area contributed by atoms with Crippen LogP contribution in [0.1, 0.15) is 12.8 Å². The Morgan fingerprint density at radius 2 is 2.17 bits per heavy atom. The molecule has 3 fully saturated rings. The van der Waals surface area contributed by atoms with Gasteiger partial charge in [-0.3, -0.25) is 9.18 Å². The number of carbonyl (C=O) groups is 1. The lowest BCUT2D eigenvalue weighted by atomic mass is 9.63. The maximum Gasteiger partial charge on any atom is 0.323 e. The second-order valence-corrected chi connectivity index (χ2v) is 3.73. The van der Waals surface area contributed by atoms with Crippen LogP contribution in [0.15, 0.2) is 0 Å². The second kappa shape index (κ2) is 2.57. The molecular formula is C7H11ClFNO2. The van der Waals surface area contributed by atoms with Crippen LogP contribution >= 0.6 is 12.4 Å². The van der Waals surface area contributed by atoms with Gasteiger partial charge in [-0.05, 0) is 12.8 Å². The summed E-state index contributed by atoms with van der Waals surface area (Å²) < 4.78 is 12.3. The third kappa shape index (κ3) is 0.944. The van der Waals surface area contributed by atoms with Crippen molar-refractivity contribution in [1.29, 1.82) is 0 Å². The summed E-state index contributed by atoms with van der Waals surface area (Å²) in [5, 5.41) is 11.6. The Morgan fingerprint density at radius 3 is 2.42 bits per heavy atom. The van der Waals surface area contributed by atoms with E-state index in [1.165, 1.54) is 0 Å². The number of carboxylic acids is 1. The summed E-state index contributed by atoms with van der Waals surface area (Å²) in [6, 6.07) is 0. The molecule has 2 N–H and O–H groups in total. The van der Waals surface area contributed by atoms with Gasteiger partial charge in [-0.1, -0.05) is 0 Å². The Labute approximate surface area is 75.7 Å². The van der Waals surface area contributed by atoms with Gasteiger partial charge in [0.05, 0.1) is 6.67 Å². The van der Waals surface area contributed by atoms with Gasteiger partial charge in [0.2, 0.25) is 0 Å². The Balaban J connectivity index is 0.000000720.